The van der Waals surface area contributed by atoms with Gasteiger partial charge in [-0.15, -0.1) is 0 Å². The van der Waals surface area contributed by atoms with Gasteiger partial charge in [-0.05, 0) is 49.0 Å². The lowest BCUT2D eigenvalue weighted by Gasteiger charge is -2.34. The first-order chi connectivity index (χ1) is 16.4. The number of rotatable bonds is 8. The average Bonchev–Trinajstić information content (AvgIpc) is 2.84. The maximum Gasteiger partial charge on any atom is 0.231 e. The third-order valence-corrected chi connectivity index (χ3v) is 6.10. The molecule has 0 spiro atoms. The molecule has 2 aromatic carbocycles. The molecule has 4 rings (SSSR count). The van der Waals surface area contributed by atoms with Crippen molar-refractivity contribution >= 4 is 52.0 Å². The van der Waals surface area contributed by atoms with E-state index in [9.17, 15) is 4.79 Å². The molecular weight excluding hydrogens is 450 g/mol. The second-order valence-corrected chi connectivity index (χ2v) is 8.56. The number of anilines is 6. The van der Waals surface area contributed by atoms with Gasteiger partial charge in [-0.2, -0.15) is 9.97 Å². The first kappa shape index (κ1) is 23.5. The zero-order chi connectivity index (χ0) is 24.1. The van der Waals surface area contributed by atoms with E-state index < -0.39 is 0 Å². The van der Waals surface area contributed by atoms with E-state index in [1.807, 2.05) is 36.4 Å². The summed E-state index contributed by atoms with van der Waals surface area (Å²) in [4.78, 5) is 25.4. The molecule has 3 aromatic rings. The number of piperazine rings is 1. The Morgan fingerprint density at radius 2 is 1.79 bits per heavy atom. The minimum absolute atomic E-state index is 0.0788. The van der Waals surface area contributed by atoms with Crippen LogP contribution in [0.25, 0.3) is 0 Å². The van der Waals surface area contributed by atoms with Crippen molar-refractivity contribution in [1.29, 1.82) is 0 Å². The number of halogens is 1. The first-order valence-electron chi connectivity index (χ1n) is 11.1. The molecule has 0 atom stereocenters. The summed E-state index contributed by atoms with van der Waals surface area (Å²) < 4.78 is 0. The molecule has 4 N–H and O–H groups in total. The van der Waals surface area contributed by atoms with Crippen LogP contribution in [-0.4, -0.2) is 53.9 Å². The van der Waals surface area contributed by atoms with E-state index in [0.717, 1.165) is 37.4 Å². The SMILES string of the molecule is C=CC(=O)Cc1ccccc1Nc1nc(Nc2ccc(N3CCN(C)CC3)cc2)nc(N)c1Cl. The third kappa shape index (κ3) is 5.65. The number of hydrogen-bond donors (Lipinski definition) is 3. The summed E-state index contributed by atoms with van der Waals surface area (Å²) in [5, 5.41) is 6.60. The number of nitrogens with two attached hydrogens (primary N) is 1. The number of para-hydroxylation sites is 1. The second kappa shape index (κ2) is 10.5. The van der Waals surface area contributed by atoms with Crippen molar-refractivity contribution in [3.05, 3.63) is 71.8 Å². The van der Waals surface area contributed by atoms with Gasteiger partial charge in [-0.3, -0.25) is 4.79 Å². The van der Waals surface area contributed by atoms with Gasteiger partial charge in [0.25, 0.3) is 0 Å². The second-order valence-electron chi connectivity index (χ2n) is 8.19. The largest absolute Gasteiger partial charge is 0.382 e. The molecule has 9 heteroatoms. The third-order valence-electron chi connectivity index (χ3n) is 5.73. The summed E-state index contributed by atoms with van der Waals surface area (Å²) >= 11 is 6.39. The molecule has 0 saturated carbocycles. The van der Waals surface area contributed by atoms with E-state index in [4.69, 9.17) is 17.3 Å². The Morgan fingerprint density at radius 1 is 1.09 bits per heavy atom. The van der Waals surface area contributed by atoms with Gasteiger partial charge in [-0.1, -0.05) is 36.4 Å². The maximum atomic E-state index is 11.9. The van der Waals surface area contributed by atoms with Crippen LogP contribution in [0.15, 0.2) is 61.2 Å². The molecule has 0 radical (unpaired) electrons. The summed E-state index contributed by atoms with van der Waals surface area (Å²) in [7, 11) is 2.14. The number of carbonyl (C=O) groups is 1. The maximum absolute atomic E-state index is 11.9. The molecule has 0 unspecified atom stereocenters. The Labute approximate surface area is 204 Å². The highest BCUT2D eigenvalue weighted by Crippen LogP contribution is 2.31. The van der Waals surface area contributed by atoms with Gasteiger partial charge >= 0.3 is 0 Å². The van der Waals surface area contributed by atoms with E-state index >= 15 is 0 Å². The number of nitrogens with one attached hydrogen (secondary N) is 2. The van der Waals surface area contributed by atoms with Crippen LogP contribution >= 0.6 is 11.6 Å². The van der Waals surface area contributed by atoms with Gasteiger partial charge in [0.15, 0.2) is 11.6 Å². The molecule has 1 aliphatic rings. The van der Waals surface area contributed by atoms with Gasteiger partial charge < -0.3 is 26.2 Å². The molecule has 1 fully saturated rings. The molecule has 0 bridgehead atoms. The normalized spacial score (nSPS) is 14.0. The Balaban J connectivity index is 1.51. The summed E-state index contributed by atoms with van der Waals surface area (Å²) in [5.41, 5.74) is 9.59. The van der Waals surface area contributed by atoms with Crippen molar-refractivity contribution < 1.29 is 4.79 Å². The number of nitrogen functional groups attached to an aromatic ring is 1. The summed E-state index contributed by atoms with van der Waals surface area (Å²) in [5.74, 6) is 0.737. The van der Waals surface area contributed by atoms with E-state index in [0.29, 0.717) is 17.5 Å². The van der Waals surface area contributed by atoms with E-state index in [1.54, 1.807) is 0 Å². The number of carbonyl (C=O) groups excluding carboxylic acids is 1. The Hall–Kier alpha value is -3.62. The van der Waals surface area contributed by atoms with E-state index in [-0.39, 0.29) is 23.0 Å². The van der Waals surface area contributed by atoms with Crippen LogP contribution < -0.4 is 21.3 Å². The van der Waals surface area contributed by atoms with Crippen LogP contribution in [-0.2, 0) is 11.2 Å². The molecule has 2 heterocycles. The number of nitrogens with zero attached hydrogens (tertiary/aromatic N) is 4. The van der Waals surface area contributed by atoms with Crippen LogP contribution in [0.4, 0.5) is 34.6 Å². The topological polar surface area (TPSA) is 99.4 Å². The zero-order valence-electron chi connectivity index (χ0n) is 19.1. The van der Waals surface area contributed by atoms with Crippen LogP contribution in [0.5, 0.6) is 0 Å². The quantitative estimate of drug-likeness (QED) is 0.414. The first-order valence-corrected chi connectivity index (χ1v) is 11.4. The zero-order valence-corrected chi connectivity index (χ0v) is 19.8. The molecule has 8 nitrogen and oxygen atoms in total. The number of ketones is 1. The van der Waals surface area contributed by atoms with Crippen LogP contribution in [0.2, 0.25) is 5.02 Å². The van der Waals surface area contributed by atoms with Crippen molar-refractivity contribution in [2.75, 3.05) is 54.5 Å². The summed E-state index contributed by atoms with van der Waals surface area (Å²) in [6.07, 6.45) is 1.53. The Kier molecular flexibility index (Phi) is 7.30. The molecule has 0 amide bonds. The van der Waals surface area contributed by atoms with Crippen molar-refractivity contribution in [3.8, 4) is 0 Å². The predicted molar refractivity (Wildman–Crippen MR) is 140 cm³/mol. The van der Waals surface area contributed by atoms with Crippen molar-refractivity contribution in [1.82, 2.24) is 14.9 Å². The predicted octanol–water partition coefficient (Wildman–Crippen LogP) is 4.25. The van der Waals surface area contributed by atoms with Gasteiger partial charge in [-0.25, -0.2) is 0 Å². The van der Waals surface area contributed by atoms with Crippen LogP contribution in [0, 0.1) is 0 Å². The Morgan fingerprint density at radius 3 is 2.50 bits per heavy atom. The average molecular weight is 478 g/mol. The molecule has 176 valence electrons. The number of aromatic nitrogens is 2. The number of hydrogen-bond acceptors (Lipinski definition) is 8. The minimum Gasteiger partial charge on any atom is -0.382 e. The highest BCUT2D eigenvalue weighted by molar-refractivity contribution is 6.35. The Bertz CT molecular complexity index is 1170. The van der Waals surface area contributed by atoms with E-state index in [1.165, 1.54) is 11.8 Å². The summed E-state index contributed by atoms with van der Waals surface area (Å²) in [6, 6.07) is 15.6. The van der Waals surface area contributed by atoms with Crippen molar-refractivity contribution in [2.45, 2.75) is 6.42 Å². The highest BCUT2D eigenvalue weighted by atomic mass is 35.5. The van der Waals surface area contributed by atoms with Gasteiger partial charge in [0.05, 0.1) is 0 Å². The lowest BCUT2D eigenvalue weighted by atomic mass is 10.1. The lowest BCUT2D eigenvalue weighted by Crippen LogP contribution is -2.44. The molecule has 1 saturated heterocycles. The number of benzene rings is 2. The lowest BCUT2D eigenvalue weighted by molar-refractivity contribution is -0.114. The highest BCUT2D eigenvalue weighted by Gasteiger charge is 2.15. The molecular formula is C25H28ClN7O. The van der Waals surface area contributed by atoms with Gasteiger partial charge in [0.1, 0.15) is 10.8 Å². The smallest absolute Gasteiger partial charge is 0.231 e. The van der Waals surface area contributed by atoms with Gasteiger partial charge in [0, 0.05) is 49.7 Å². The number of likely N-dealkylation sites (N-methyl/N-ethyl adjacent to an activating group) is 1. The molecule has 1 aromatic heterocycles. The fourth-order valence-corrected chi connectivity index (χ4v) is 3.87. The monoisotopic (exact) mass is 477 g/mol. The van der Waals surface area contributed by atoms with Gasteiger partial charge in [0.2, 0.25) is 5.95 Å². The standard InChI is InChI=1S/C25H28ClN7O/c1-3-20(34)16-17-6-4-5-7-21(17)29-24-22(26)23(27)30-25(31-24)28-18-8-10-19(11-9-18)33-14-12-32(2)13-15-33/h3-11H,1,12-16H2,2H3,(H4,27,28,29,30,31). The number of allylic oxidation sites excluding steroid dienone is 1. The van der Waals surface area contributed by atoms with Crippen molar-refractivity contribution in [2.24, 2.45) is 0 Å². The van der Waals surface area contributed by atoms with Crippen LogP contribution in [0.3, 0.4) is 0 Å². The fraction of sp³-hybridized carbons (Fsp3) is 0.240. The molecule has 1 aliphatic heterocycles. The van der Waals surface area contributed by atoms with Crippen LogP contribution in [0.1, 0.15) is 5.56 Å². The fourth-order valence-electron chi connectivity index (χ4n) is 3.74. The van der Waals surface area contributed by atoms with Crippen molar-refractivity contribution in [3.63, 3.8) is 0 Å². The molecule has 34 heavy (non-hydrogen) atoms. The summed E-state index contributed by atoms with van der Waals surface area (Å²) in [6.45, 7) is 7.67. The molecule has 0 aliphatic carbocycles. The minimum atomic E-state index is -0.0788. The van der Waals surface area contributed by atoms with E-state index in [2.05, 4.69) is 56.2 Å².